The van der Waals surface area contributed by atoms with Crippen LogP contribution in [0.5, 0.6) is 0 Å². The summed E-state index contributed by atoms with van der Waals surface area (Å²) in [7, 11) is 0. The van der Waals surface area contributed by atoms with Crippen LogP contribution in [0.15, 0.2) is 41.1 Å². The lowest BCUT2D eigenvalue weighted by molar-refractivity contribution is -0.385. The lowest BCUT2D eigenvalue weighted by Crippen LogP contribution is -2.13. The average molecular weight is 233 g/mol. The van der Waals surface area contributed by atoms with Gasteiger partial charge in [-0.1, -0.05) is 23.4 Å². The van der Waals surface area contributed by atoms with Crippen molar-refractivity contribution < 1.29 is 9.45 Å². The maximum Gasteiger partial charge on any atom is 0.273 e. The van der Waals surface area contributed by atoms with E-state index in [-0.39, 0.29) is 10.6 Å². The van der Waals surface area contributed by atoms with E-state index in [0.29, 0.717) is 24.4 Å². The lowest BCUT2D eigenvalue weighted by atomic mass is 10.2. The molecular formula is C11H11N3O3. The fourth-order valence-corrected chi connectivity index (χ4v) is 1.49. The van der Waals surface area contributed by atoms with Crippen molar-refractivity contribution in [3.8, 4) is 0 Å². The van der Waals surface area contributed by atoms with Gasteiger partial charge in [0, 0.05) is 24.2 Å². The molecule has 0 unspecified atom stereocenters. The maximum absolute atomic E-state index is 10.8. The zero-order chi connectivity index (χ0) is 12.1. The van der Waals surface area contributed by atoms with Crippen LogP contribution in [-0.2, 0) is 13.1 Å². The standard InChI is InChI=1S/C11H11N3O3/c15-14(16)11-4-2-1-3-9(11)7-12-8-10-5-6-13-17-10/h1-6,12H,7-8H2. The van der Waals surface area contributed by atoms with Crippen LogP contribution in [0, 0.1) is 10.1 Å². The Balaban J connectivity index is 1.97. The molecule has 0 saturated heterocycles. The summed E-state index contributed by atoms with van der Waals surface area (Å²) >= 11 is 0. The third-order valence-corrected chi connectivity index (χ3v) is 2.29. The van der Waals surface area contributed by atoms with Gasteiger partial charge in [-0.15, -0.1) is 0 Å². The van der Waals surface area contributed by atoms with E-state index in [1.54, 1.807) is 30.5 Å². The minimum absolute atomic E-state index is 0.123. The van der Waals surface area contributed by atoms with E-state index in [1.165, 1.54) is 6.07 Å². The second-order valence-corrected chi connectivity index (χ2v) is 3.47. The van der Waals surface area contributed by atoms with E-state index in [4.69, 9.17) is 4.52 Å². The third kappa shape index (κ3) is 2.88. The Hall–Kier alpha value is -2.21. The van der Waals surface area contributed by atoms with Gasteiger partial charge in [0.15, 0.2) is 0 Å². The van der Waals surface area contributed by atoms with Gasteiger partial charge in [-0.25, -0.2) is 0 Å². The topological polar surface area (TPSA) is 81.2 Å². The number of benzene rings is 1. The molecule has 0 atom stereocenters. The molecule has 1 N–H and O–H groups in total. The van der Waals surface area contributed by atoms with E-state index in [9.17, 15) is 10.1 Å². The molecule has 0 fully saturated rings. The van der Waals surface area contributed by atoms with Crippen molar-refractivity contribution in [3.63, 3.8) is 0 Å². The summed E-state index contributed by atoms with van der Waals surface area (Å²) in [6.07, 6.45) is 1.56. The molecule has 0 amide bonds. The molecule has 6 nitrogen and oxygen atoms in total. The minimum atomic E-state index is -0.383. The molecule has 1 aromatic heterocycles. The normalized spacial score (nSPS) is 10.4. The number of hydrogen-bond donors (Lipinski definition) is 1. The smallest absolute Gasteiger partial charge is 0.273 e. The SMILES string of the molecule is O=[N+]([O-])c1ccccc1CNCc1ccno1. The maximum atomic E-state index is 10.8. The highest BCUT2D eigenvalue weighted by Gasteiger charge is 2.11. The molecule has 0 bridgehead atoms. The number of hydrogen-bond acceptors (Lipinski definition) is 5. The highest BCUT2D eigenvalue weighted by Crippen LogP contribution is 2.17. The van der Waals surface area contributed by atoms with Gasteiger partial charge in [0.1, 0.15) is 5.76 Å². The van der Waals surface area contributed by atoms with Crippen LogP contribution in [0.1, 0.15) is 11.3 Å². The first-order valence-electron chi connectivity index (χ1n) is 5.10. The Morgan fingerprint density at radius 3 is 2.82 bits per heavy atom. The Labute approximate surface area is 97.4 Å². The Bertz CT molecular complexity index is 496. The molecule has 0 aliphatic rings. The third-order valence-electron chi connectivity index (χ3n) is 2.29. The van der Waals surface area contributed by atoms with E-state index >= 15 is 0 Å². The number of nitro groups is 1. The van der Waals surface area contributed by atoms with Crippen molar-refractivity contribution in [2.75, 3.05) is 0 Å². The fourth-order valence-electron chi connectivity index (χ4n) is 1.49. The summed E-state index contributed by atoms with van der Waals surface area (Å²) in [4.78, 5) is 10.4. The number of rotatable bonds is 5. The summed E-state index contributed by atoms with van der Waals surface area (Å²) in [6, 6.07) is 8.39. The fraction of sp³-hybridized carbons (Fsp3) is 0.182. The summed E-state index contributed by atoms with van der Waals surface area (Å²) in [6.45, 7) is 0.907. The molecule has 0 spiro atoms. The monoisotopic (exact) mass is 233 g/mol. The Morgan fingerprint density at radius 2 is 2.12 bits per heavy atom. The van der Waals surface area contributed by atoms with Crippen molar-refractivity contribution in [2.24, 2.45) is 0 Å². The van der Waals surface area contributed by atoms with E-state index in [1.807, 2.05) is 0 Å². The largest absolute Gasteiger partial charge is 0.360 e. The number of aromatic nitrogens is 1. The molecule has 6 heteroatoms. The molecule has 0 aliphatic carbocycles. The average Bonchev–Trinajstić information content (AvgIpc) is 2.82. The van der Waals surface area contributed by atoms with Crippen LogP contribution in [0.3, 0.4) is 0 Å². The number of nitro benzene ring substituents is 1. The van der Waals surface area contributed by atoms with Crippen LogP contribution < -0.4 is 5.32 Å². The van der Waals surface area contributed by atoms with E-state index < -0.39 is 0 Å². The van der Waals surface area contributed by atoms with Gasteiger partial charge < -0.3 is 9.84 Å². The summed E-state index contributed by atoms with van der Waals surface area (Å²) in [5.41, 5.74) is 0.773. The van der Waals surface area contributed by atoms with Gasteiger partial charge in [0.2, 0.25) is 0 Å². The first-order valence-corrected chi connectivity index (χ1v) is 5.10. The second-order valence-electron chi connectivity index (χ2n) is 3.47. The quantitative estimate of drug-likeness (QED) is 0.629. The van der Waals surface area contributed by atoms with Crippen molar-refractivity contribution in [2.45, 2.75) is 13.1 Å². The summed E-state index contributed by atoms with van der Waals surface area (Å²) in [5.74, 6) is 0.698. The molecule has 0 saturated carbocycles. The number of nitrogens with one attached hydrogen (secondary N) is 1. The predicted molar refractivity (Wildman–Crippen MR) is 60.1 cm³/mol. The molecule has 0 aliphatic heterocycles. The minimum Gasteiger partial charge on any atom is -0.360 e. The molecule has 88 valence electrons. The van der Waals surface area contributed by atoms with Crippen molar-refractivity contribution >= 4 is 5.69 Å². The van der Waals surface area contributed by atoms with Gasteiger partial charge >= 0.3 is 0 Å². The second kappa shape index (κ2) is 5.22. The van der Waals surface area contributed by atoms with Crippen LogP contribution in [0.25, 0.3) is 0 Å². The molecular weight excluding hydrogens is 222 g/mol. The highest BCUT2D eigenvalue weighted by molar-refractivity contribution is 5.39. The predicted octanol–water partition coefficient (Wildman–Crippen LogP) is 1.87. The zero-order valence-corrected chi connectivity index (χ0v) is 9.00. The zero-order valence-electron chi connectivity index (χ0n) is 9.00. The van der Waals surface area contributed by atoms with Crippen molar-refractivity contribution in [1.29, 1.82) is 0 Å². The van der Waals surface area contributed by atoms with E-state index in [0.717, 1.165) is 0 Å². The Kier molecular flexibility index (Phi) is 3.46. The van der Waals surface area contributed by atoms with Crippen LogP contribution in [0.2, 0.25) is 0 Å². The summed E-state index contributed by atoms with van der Waals surface area (Å²) < 4.78 is 4.90. The van der Waals surface area contributed by atoms with Gasteiger partial charge in [-0.3, -0.25) is 10.1 Å². The first kappa shape index (κ1) is 11.3. The molecule has 17 heavy (non-hydrogen) atoms. The highest BCUT2D eigenvalue weighted by atomic mass is 16.6. The van der Waals surface area contributed by atoms with Gasteiger partial charge in [-0.2, -0.15) is 0 Å². The van der Waals surface area contributed by atoms with Gasteiger partial charge in [-0.05, 0) is 0 Å². The molecule has 1 heterocycles. The van der Waals surface area contributed by atoms with Crippen LogP contribution in [0.4, 0.5) is 5.69 Å². The molecule has 2 aromatic rings. The number of para-hydroxylation sites is 1. The molecule has 1 aromatic carbocycles. The van der Waals surface area contributed by atoms with Crippen molar-refractivity contribution in [1.82, 2.24) is 10.5 Å². The van der Waals surface area contributed by atoms with Crippen LogP contribution >= 0.6 is 0 Å². The van der Waals surface area contributed by atoms with Gasteiger partial charge in [0.25, 0.3) is 5.69 Å². The van der Waals surface area contributed by atoms with E-state index in [2.05, 4.69) is 10.5 Å². The van der Waals surface area contributed by atoms with Crippen LogP contribution in [-0.4, -0.2) is 10.1 Å². The summed E-state index contributed by atoms with van der Waals surface area (Å²) in [5, 5.41) is 17.4. The van der Waals surface area contributed by atoms with Crippen molar-refractivity contribution in [3.05, 3.63) is 58.0 Å². The number of nitrogens with zero attached hydrogens (tertiary/aromatic N) is 2. The van der Waals surface area contributed by atoms with Gasteiger partial charge in [0.05, 0.1) is 17.7 Å². The Morgan fingerprint density at radius 1 is 1.29 bits per heavy atom. The lowest BCUT2D eigenvalue weighted by Gasteiger charge is -2.03. The molecule has 0 radical (unpaired) electrons. The molecule has 2 rings (SSSR count). The first-order chi connectivity index (χ1) is 8.27.